The van der Waals surface area contributed by atoms with Crippen molar-refractivity contribution in [3.63, 3.8) is 0 Å². The Morgan fingerprint density at radius 2 is 2.13 bits per heavy atom. The molecule has 80 valence electrons. The van der Waals surface area contributed by atoms with Gasteiger partial charge in [0.2, 0.25) is 0 Å². The first-order chi connectivity index (χ1) is 7.31. The van der Waals surface area contributed by atoms with Gasteiger partial charge in [-0.05, 0) is 5.56 Å². The van der Waals surface area contributed by atoms with Gasteiger partial charge in [-0.15, -0.1) is 0 Å². The number of hydrogen-bond donors (Lipinski definition) is 1. The maximum atomic E-state index is 5.01. The second kappa shape index (κ2) is 4.42. The molecule has 1 aliphatic rings. The molecule has 4 nitrogen and oxygen atoms in total. The molecule has 0 amide bonds. The van der Waals surface area contributed by atoms with Gasteiger partial charge >= 0.3 is 0 Å². The quantitative estimate of drug-likeness (QED) is 0.741. The van der Waals surface area contributed by atoms with E-state index in [1.807, 2.05) is 12.1 Å². The van der Waals surface area contributed by atoms with Crippen LogP contribution in [-0.4, -0.2) is 30.9 Å². The zero-order valence-corrected chi connectivity index (χ0v) is 8.81. The van der Waals surface area contributed by atoms with E-state index in [1.165, 1.54) is 0 Å². The predicted molar refractivity (Wildman–Crippen MR) is 59.5 cm³/mol. The first-order valence-electron chi connectivity index (χ1n) is 4.98. The third kappa shape index (κ3) is 2.16. The van der Waals surface area contributed by atoms with Crippen LogP contribution in [-0.2, 0) is 11.4 Å². The van der Waals surface area contributed by atoms with E-state index in [0.29, 0.717) is 6.61 Å². The van der Waals surface area contributed by atoms with Crippen LogP contribution in [0.1, 0.15) is 11.1 Å². The van der Waals surface area contributed by atoms with Crippen molar-refractivity contribution in [1.82, 2.24) is 4.90 Å². The Balaban J connectivity index is 2.16. The lowest BCUT2D eigenvalue weighted by molar-refractivity contribution is 0.124. The highest BCUT2D eigenvalue weighted by Gasteiger charge is 2.13. The molecule has 1 aromatic carbocycles. The molecule has 2 N–H and O–H groups in total. The van der Waals surface area contributed by atoms with Crippen LogP contribution in [0, 0.1) is 0 Å². The molecular formula is C11H15N3O. The van der Waals surface area contributed by atoms with Crippen LogP contribution in [0.3, 0.4) is 0 Å². The van der Waals surface area contributed by atoms with Crippen LogP contribution in [0.2, 0.25) is 0 Å². The molecular weight excluding hydrogens is 190 g/mol. The molecule has 0 atom stereocenters. The van der Waals surface area contributed by atoms with Gasteiger partial charge in [0.25, 0.3) is 0 Å². The number of rotatable bonds is 3. The summed E-state index contributed by atoms with van der Waals surface area (Å²) in [6.07, 6.45) is 0. The Bertz CT molecular complexity index is 359. The summed E-state index contributed by atoms with van der Waals surface area (Å²) in [6, 6.07) is 8.12. The minimum Gasteiger partial charge on any atom is -0.358 e. The summed E-state index contributed by atoms with van der Waals surface area (Å²) in [5.41, 5.74) is 2.22. The Hall–Kier alpha value is -1.39. The van der Waals surface area contributed by atoms with Crippen molar-refractivity contribution in [1.29, 1.82) is 0 Å². The number of hydrogen-bond acceptors (Lipinski definition) is 4. The summed E-state index contributed by atoms with van der Waals surface area (Å²) in [4.78, 5) is 11.2. The lowest BCUT2D eigenvalue weighted by atomic mass is 10.1. The van der Waals surface area contributed by atoms with Crippen LogP contribution in [0.15, 0.2) is 29.3 Å². The molecule has 0 saturated heterocycles. The second-order valence-electron chi connectivity index (χ2n) is 3.63. The van der Waals surface area contributed by atoms with E-state index in [2.05, 4.69) is 33.9 Å². The topological polar surface area (TPSA) is 50.8 Å². The maximum absolute atomic E-state index is 5.01. The van der Waals surface area contributed by atoms with E-state index in [-0.39, 0.29) is 0 Å². The molecule has 0 spiro atoms. The summed E-state index contributed by atoms with van der Waals surface area (Å²) in [5, 5.41) is 0. The smallest absolute Gasteiger partial charge is 0.130 e. The molecule has 0 bridgehead atoms. The minimum atomic E-state index is 0.447. The maximum Gasteiger partial charge on any atom is 0.130 e. The normalized spacial score (nSPS) is 15.6. The van der Waals surface area contributed by atoms with E-state index >= 15 is 0 Å². The van der Waals surface area contributed by atoms with Crippen LogP contribution in [0.25, 0.3) is 0 Å². The predicted octanol–water partition coefficient (Wildman–Crippen LogP) is 0.769. The van der Waals surface area contributed by atoms with Crippen molar-refractivity contribution in [2.45, 2.75) is 6.61 Å². The van der Waals surface area contributed by atoms with Crippen LogP contribution in [0.4, 0.5) is 0 Å². The zero-order chi connectivity index (χ0) is 10.7. The van der Waals surface area contributed by atoms with Crippen molar-refractivity contribution >= 4 is 5.84 Å². The highest BCUT2D eigenvalue weighted by Crippen LogP contribution is 2.11. The SMILES string of the molecule is CN1CCN=C1c1ccc(CON)cc1. The molecule has 2 rings (SSSR count). The van der Waals surface area contributed by atoms with Crippen LogP contribution < -0.4 is 5.90 Å². The summed E-state index contributed by atoms with van der Waals surface area (Å²) in [6.45, 7) is 2.34. The van der Waals surface area contributed by atoms with Crippen LogP contribution >= 0.6 is 0 Å². The monoisotopic (exact) mass is 205 g/mol. The number of likely N-dealkylation sites (N-methyl/N-ethyl adjacent to an activating group) is 1. The fraction of sp³-hybridized carbons (Fsp3) is 0.364. The third-order valence-electron chi connectivity index (χ3n) is 2.52. The number of amidine groups is 1. The van der Waals surface area contributed by atoms with Gasteiger partial charge in [-0.3, -0.25) is 9.83 Å². The van der Waals surface area contributed by atoms with Gasteiger partial charge < -0.3 is 4.90 Å². The first kappa shape index (κ1) is 10.1. The molecule has 0 fully saturated rings. The first-order valence-corrected chi connectivity index (χ1v) is 4.98. The molecule has 0 unspecified atom stereocenters. The van der Waals surface area contributed by atoms with E-state index in [9.17, 15) is 0 Å². The molecule has 0 radical (unpaired) electrons. The Morgan fingerprint density at radius 1 is 1.40 bits per heavy atom. The average molecular weight is 205 g/mol. The van der Waals surface area contributed by atoms with Gasteiger partial charge in [-0.2, -0.15) is 0 Å². The zero-order valence-electron chi connectivity index (χ0n) is 8.81. The molecule has 4 heteroatoms. The van der Waals surface area contributed by atoms with Crippen molar-refractivity contribution in [2.75, 3.05) is 20.1 Å². The molecule has 0 saturated carbocycles. The fourth-order valence-electron chi connectivity index (χ4n) is 1.69. The number of nitrogens with zero attached hydrogens (tertiary/aromatic N) is 2. The largest absolute Gasteiger partial charge is 0.358 e. The summed E-state index contributed by atoms with van der Waals surface area (Å²) in [7, 11) is 2.06. The molecule has 0 aliphatic carbocycles. The highest BCUT2D eigenvalue weighted by atomic mass is 16.6. The molecule has 0 aromatic heterocycles. The number of nitrogens with two attached hydrogens (primary N) is 1. The Kier molecular flexibility index (Phi) is 2.99. The molecule has 1 aliphatic heterocycles. The van der Waals surface area contributed by atoms with Gasteiger partial charge in [-0.25, -0.2) is 5.90 Å². The van der Waals surface area contributed by atoms with Gasteiger partial charge in [0.1, 0.15) is 5.84 Å². The summed E-state index contributed by atoms with van der Waals surface area (Å²) in [5.74, 6) is 6.08. The molecule has 1 aromatic rings. The van der Waals surface area contributed by atoms with Crippen molar-refractivity contribution in [3.05, 3.63) is 35.4 Å². The van der Waals surface area contributed by atoms with E-state index < -0.39 is 0 Å². The van der Waals surface area contributed by atoms with Gasteiger partial charge in [0.15, 0.2) is 0 Å². The minimum absolute atomic E-state index is 0.447. The average Bonchev–Trinajstić information content (AvgIpc) is 2.66. The van der Waals surface area contributed by atoms with E-state index in [0.717, 1.165) is 30.1 Å². The van der Waals surface area contributed by atoms with Crippen molar-refractivity contribution in [3.8, 4) is 0 Å². The third-order valence-corrected chi connectivity index (χ3v) is 2.52. The van der Waals surface area contributed by atoms with Gasteiger partial charge in [0, 0.05) is 19.2 Å². The molecule has 15 heavy (non-hydrogen) atoms. The molecule has 1 heterocycles. The summed E-state index contributed by atoms with van der Waals surface area (Å²) >= 11 is 0. The van der Waals surface area contributed by atoms with Gasteiger partial charge in [-0.1, -0.05) is 24.3 Å². The Labute approximate surface area is 89.3 Å². The van der Waals surface area contributed by atoms with Gasteiger partial charge in [0.05, 0.1) is 13.2 Å². The second-order valence-corrected chi connectivity index (χ2v) is 3.63. The van der Waals surface area contributed by atoms with E-state index in [1.54, 1.807) is 0 Å². The summed E-state index contributed by atoms with van der Waals surface area (Å²) < 4.78 is 0. The van der Waals surface area contributed by atoms with Crippen LogP contribution in [0.5, 0.6) is 0 Å². The fourth-order valence-corrected chi connectivity index (χ4v) is 1.69. The lowest BCUT2D eigenvalue weighted by Crippen LogP contribution is -2.23. The van der Waals surface area contributed by atoms with Crippen molar-refractivity contribution < 1.29 is 4.84 Å². The number of benzene rings is 1. The van der Waals surface area contributed by atoms with Crippen molar-refractivity contribution in [2.24, 2.45) is 10.9 Å². The standard InChI is InChI=1S/C11H15N3O/c1-14-7-6-13-11(14)10-4-2-9(3-5-10)8-15-12/h2-5H,6-8,12H2,1H3. The van der Waals surface area contributed by atoms with E-state index in [4.69, 9.17) is 5.90 Å². The lowest BCUT2D eigenvalue weighted by Gasteiger charge is -2.13. The highest BCUT2D eigenvalue weighted by molar-refractivity contribution is 5.99. The number of aliphatic imine (C=N–C) groups is 1. The Morgan fingerprint density at radius 3 is 2.67 bits per heavy atom.